The Kier molecular flexibility index (Phi) is 2.66. The molecule has 0 bridgehead atoms. The Morgan fingerprint density at radius 1 is 1.45 bits per heavy atom. The highest BCUT2D eigenvalue weighted by Gasteiger charge is 1.94. The van der Waals surface area contributed by atoms with Crippen molar-refractivity contribution in [3.05, 3.63) is 29.8 Å². The van der Waals surface area contributed by atoms with Crippen molar-refractivity contribution in [3.63, 3.8) is 0 Å². The minimum Gasteiger partial charge on any atom is -0.385 e. The van der Waals surface area contributed by atoms with E-state index >= 15 is 0 Å². The predicted octanol–water partition coefficient (Wildman–Crippen LogP) is 2.12. The van der Waals surface area contributed by atoms with E-state index in [0.717, 1.165) is 17.8 Å². The lowest BCUT2D eigenvalue weighted by Gasteiger charge is -2.04. The van der Waals surface area contributed by atoms with Crippen molar-refractivity contribution in [3.8, 4) is 0 Å². The van der Waals surface area contributed by atoms with Crippen LogP contribution in [-0.2, 0) is 0 Å². The Morgan fingerprint density at radius 3 is 2.82 bits per heavy atom. The average Bonchev–Trinajstić information content (AvgIpc) is 2.06. The van der Waals surface area contributed by atoms with E-state index in [1.54, 1.807) is 0 Å². The Bertz CT molecular complexity index is 243. The van der Waals surface area contributed by atoms with E-state index in [2.05, 4.69) is 5.32 Å². The summed E-state index contributed by atoms with van der Waals surface area (Å²) in [5, 5.41) is 10.3. The highest BCUT2D eigenvalue weighted by Crippen LogP contribution is 2.11. The zero-order valence-corrected chi connectivity index (χ0v) is 6.59. The SMILES string of the molecule is CCNc1ccccc1C=N. The number of nitrogens with one attached hydrogen (secondary N) is 2. The van der Waals surface area contributed by atoms with E-state index in [0.29, 0.717) is 0 Å². The molecule has 0 saturated carbocycles. The summed E-state index contributed by atoms with van der Waals surface area (Å²) in [6.07, 6.45) is 1.36. The van der Waals surface area contributed by atoms with Gasteiger partial charge >= 0.3 is 0 Å². The first-order valence-electron chi connectivity index (χ1n) is 3.72. The Labute approximate surface area is 66.8 Å². The molecule has 2 N–H and O–H groups in total. The second-order valence-electron chi connectivity index (χ2n) is 2.26. The largest absolute Gasteiger partial charge is 0.385 e. The Morgan fingerprint density at radius 2 is 2.18 bits per heavy atom. The molecule has 0 atom stereocenters. The van der Waals surface area contributed by atoms with Crippen LogP contribution in [0.4, 0.5) is 5.69 Å². The van der Waals surface area contributed by atoms with E-state index < -0.39 is 0 Å². The highest BCUT2D eigenvalue weighted by atomic mass is 14.9. The maximum Gasteiger partial charge on any atom is 0.0429 e. The van der Waals surface area contributed by atoms with Gasteiger partial charge in [0.05, 0.1) is 0 Å². The van der Waals surface area contributed by atoms with Gasteiger partial charge in [0, 0.05) is 24.0 Å². The topological polar surface area (TPSA) is 35.9 Å². The fraction of sp³-hybridized carbons (Fsp3) is 0.222. The summed E-state index contributed by atoms with van der Waals surface area (Å²) in [6, 6.07) is 7.79. The van der Waals surface area contributed by atoms with Gasteiger partial charge in [-0.25, -0.2) is 0 Å². The molecule has 2 nitrogen and oxygen atoms in total. The van der Waals surface area contributed by atoms with Crippen LogP contribution >= 0.6 is 0 Å². The van der Waals surface area contributed by atoms with Crippen molar-refractivity contribution in [2.45, 2.75) is 6.92 Å². The minimum absolute atomic E-state index is 0.894. The first-order chi connectivity index (χ1) is 5.38. The van der Waals surface area contributed by atoms with E-state index in [4.69, 9.17) is 5.41 Å². The highest BCUT2D eigenvalue weighted by molar-refractivity contribution is 5.85. The van der Waals surface area contributed by atoms with Crippen LogP contribution in [-0.4, -0.2) is 12.8 Å². The Hall–Kier alpha value is -1.31. The number of anilines is 1. The van der Waals surface area contributed by atoms with E-state index in [-0.39, 0.29) is 0 Å². The maximum atomic E-state index is 7.10. The third kappa shape index (κ3) is 1.80. The molecular formula is C9H12N2. The third-order valence-electron chi connectivity index (χ3n) is 1.48. The van der Waals surface area contributed by atoms with Gasteiger partial charge < -0.3 is 10.7 Å². The van der Waals surface area contributed by atoms with Crippen molar-refractivity contribution in [1.29, 1.82) is 5.41 Å². The molecule has 0 fully saturated rings. The standard InChI is InChI=1S/C9H12N2/c1-2-11-9-6-4-3-5-8(9)7-10/h3-7,10-11H,2H2,1H3. The molecule has 0 aliphatic rings. The molecule has 0 aliphatic carbocycles. The molecule has 2 heteroatoms. The number of benzene rings is 1. The van der Waals surface area contributed by atoms with Gasteiger partial charge in [-0.1, -0.05) is 18.2 Å². The fourth-order valence-corrected chi connectivity index (χ4v) is 0.974. The average molecular weight is 148 g/mol. The van der Waals surface area contributed by atoms with Gasteiger partial charge in [-0.3, -0.25) is 0 Å². The molecule has 0 spiro atoms. The molecule has 0 aliphatic heterocycles. The van der Waals surface area contributed by atoms with Crippen molar-refractivity contribution in [1.82, 2.24) is 0 Å². The molecule has 0 heterocycles. The van der Waals surface area contributed by atoms with Gasteiger partial charge in [0.1, 0.15) is 0 Å². The summed E-state index contributed by atoms with van der Waals surface area (Å²) in [4.78, 5) is 0. The number of para-hydroxylation sites is 1. The van der Waals surface area contributed by atoms with Gasteiger partial charge in [0.15, 0.2) is 0 Å². The summed E-state index contributed by atoms with van der Waals surface area (Å²) < 4.78 is 0. The maximum absolute atomic E-state index is 7.10. The lowest BCUT2D eigenvalue weighted by atomic mass is 10.2. The van der Waals surface area contributed by atoms with Crippen LogP contribution in [0.1, 0.15) is 12.5 Å². The van der Waals surface area contributed by atoms with E-state index in [9.17, 15) is 0 Å². The van der Waals surface area contributed by atoms with Crippen LogP contribution < -0.4 is 5.32 Å². The Balaban J connectivity index is 2.92. The summed E-state index contributed by atoms with van der Waals surface area (Å²) in [5.41, 5.74) is 1.97. The van der Waals surface area contributed by atoms with Crippen molar-refractivity contribution in [2.75, 3.05) is 11.9 Å². The van der Waals surface area contributed by atoms with E-state index in [1.165, 1.54) is 6.21 Å². The molecule has 0 unspecified atom stereocenters. The molecule has 0 amide bonds. The molecule has 1 aromatic rings. The number of rotatable bonds is 3. The third-order valence-corrected chi connectivity index (χ3v) is 1.48. The van der Waals surface area contributed by atoms with Crippen LogP contribution in [0.2, 0.25) is 0 Å². The molecule has 1 rings (SSSR count). The quantitative estimate of drug-likeness (QED) is 0.633. The number of hydrogen-bond donors (Lipinski definition) is 2. The van der Waals surface area contributed by atoms with Gasteiger partial charge in [-0.15, -0.1) is 0 Å². The summed E-state index contributed by atoms with van der Waals surface area (Å²) in [7, 11) is 0. The van der Waals surface area contributed by atoms with Gasteiger partial charge in [-0.05, 0) is 13.0 Å². The molecule has 0 saturated heterocycles. The zero-order chi connectivity index (χ0) is 8.10. The summed E-state index contributed by atoms with van der Waals surface area (Å²) >= 11 is 0. The monoisotopic (exact) mass is 148 g/mol. The molecule has 58 valence electrons. The van der Waals surface area contributed by atoms with Crippen LogP contribution in [0.3, 0.4) is 0 Å². The van der Waals surface area contributed by atoms with Crippen LogP contribution in [0.25, 0.3) is 0 Å². The lowest BCUT2D eigenvalue weighted by Crippen LogP contribution is -1.99. The normalized spacial score (nSPS) is 9.18. The second kappa shape index (κ2) is 3.76. The molecule has 1 aromatic carbocycles. The van der Waals surface area contributed by atoms with Gasteiger partial charge in [0.2, 0.25) is 0 Å². The van der Waals surface area contributed by atoms with Gasteiger partial charge in [0.25, 0.3) is 0 Å². The molecule has 0 radical (unpaired) electrons. The molecular weight excluding hydrogens is 136 g/mol. The minimum atomic E-state index is 0.894. The fourth-order valence-electron chi connectivity index (χ4n) is 0.974. The second-order valence-corrected chi connectivity index (χ2v) is 2.26. The van der Waals surface area contributed by atoms with Crippen molar-refractivity contribution in [2.24, 2.45) is 0 Å². The van der Waals surface area contributed by atoms with E-state index in [1.807, 2.05) is 31.2 Å². The number of hydrogen-bond acceptors (Lipinski definition) is 2. The lowest BCUT2D eigenvalue weighted by molar-refractivity contribution is 1.21. The van der Waals surface area contributed by atoms with Crippen LogP contribution in [0.15, 0.2) is 24.3 Å². The zero-order valence-electron chi connectivity index (χ0n) is 6.59. The summed E-state index contributed by atoms with van der Waals surface area (Å²) in [5.74, 6) is 0. The van der Waals surface area contributed by atoms with Crippen molar-refractivity contribution >= 4 is 11.9 Å². The molecule has 11 heavy (non-hydrogen) atoms. The van der Waals surface area contributed by atoms with Crippen LogP contribution in [0, 0.1) is 5.41 Å². The smallest absolute Gasteiger partial charge is 0.0429 e. The van der Waals surface area contributed by atoms with Crippen molar-refractivity contribution < 1.29 is 0 Å². The predicted molar refractivity (Wildman–Crippen MR) is 48.5 cm³/mol. The van der Waals surface area contributed by atoms with Crippen LogP contribution in [0.5, 0.6) is 0 Å². The summed E-state index contributed by atoms with van der Waals surface area (Å²) in [6.45, 7) is 2.94. The molecule has 0 aromatic heterocycles. The van der Waals surface area contributed by atoms with Gasteiger partial charge in [-0.2, -0.15) is 0 Å². The first-order valence-corrected chi connectivity index (χ1v) is 3.72. The first kappa shape index (κ1) is 7.79.